The Morgan fingerprint density at radius 1 is 1.16 bits per heavy atom. The van der Waals surface area contributed by atoms with Gasteiger partial charge in [0.1, 0.15) is 17.4 Å². The number of carbonyl (C=O) groups is 2. The van der Waals surface area contributed by atoms with Crippen LogP contribution in [0.2, 0.25) is 0 Å². The highest BCUT2D eigenvalue weighted by Gasteiger charge is 2.18. The number of nitrogens with one attached hydrogen (secondary N) is 2. The number of imidazole rings is 1. The normalized spacial score (nSPS) is 12.0. The molecule has 3 N–H and O–H groups in total. The molecule has 170 valence electrons. The van der Waals surface area contributed by atoms with Gasteiger partial charge in [0.05, 0.1) is 23.4 Å². The Morgan fingerprint density at radius 2 is 1.97 bits per heavy atom. The summed E-state index contributed by atoms with van der Waals surface area (Å²) in [6, 6.07) is 9.60. The number of aromatic nitrogens is 3. The van der Waals surface area contributed by atoms with Crippen LogP contribution < -0.4 is 10.2 Å². The first-order valence-electron chi connectivity index (χ1n) is 11.0. The zero-order valence-electron chi connectivity index (χ0n) is 18.9. The Bertz CT molecular complexity index is 1080. The van der Waals surface area contributed by atoms with Gasteiger partial charge in [-0.25, -0.2) is 14.8 Å². The lowest BCUT2D eigenvalue weighted by Crippen LogP contribution is -2.27. The number of hydrogen-bond donors (Lipinski definition) is 3. The van der Waals surface area contributed by atoms with Crippen LogP contribution in [0.1, 0.15) is 57.3 Å². The van der Waals surface area contributed by atoms with Gasteiger partial charge >= 0.3 is 6.09 Å². The molecule has 0 radical (unpaired) electrons. The molecule has 0 saturated heterocycles. The van der Waals surface area contributed by atoms with E-state index in [2.05, 4.69) is 20.3 Å². The Balaban J connectivity index is 1.71. The fraction of sp³-hybridized carbons (Fsp3) is 0.417. The van der Waals surface area contributed by atoms with Crippen molar-refractivity contribution in [2.45, 2.75) is 51.5 Å². The molecule has 0 aliphatic rings. The van der Waals surface area contributed by atoms with E-state index >= 15 is 0 Å². The van der Waals surface area contributed by atoms with Crippen molar-refractivity contribution in [3.8, 4) is 11.3 Å². The summed E-state index contributed by atoms with van der Waals surface area (Å²) >= 11 is 0. The number of unbranched alkanes of at least 4 members (excludes halogenated alkanes) is 2. The Labute approximate surface area is 188 Å². The number of rotatable bonds is 11. The van der Waals surface area contributed by atoms with E-state index in [4.69, 9.17) is 0 Å². The molecular weight excluding hydrogens is 406 g/mol. The summed E-state index contributed by atoms with van der Waals surface area (Å²) in [5.41, 5.74) is 2.69. The van der Waals surface area contributed by atoms with Crippen LogP contribution in [0, 0.1) is 0 Å². The maximum Gasteiger partial charge on any atom is 0.405 e. The summed E-state index contributed by atoms with van der Waals surface area (Å²) in [7, 11) is 3.92. The number of carbonyl (C=O) groups excluding carboxylic acids is 1. The Hall–Kier alpha value is -3.42. The predicted octanol–water partition coefficient (Wildman–Crippen LogP) is 4.93. The van der Waals surface area contributed by atoms with Crippen molar-refractivity contribution in [2.24, 2.45) is 0 Å². The lowest BCUT2D eigenvalue weighted by atomic mass is 10.0. The number of H-pyrrole nitrogens is 1. The second kappa shape index (κ2) is 10.7. The van der Waals surface area contributed by atoms with Gasteiger partial charge in [-0.15, -0.1) is 0 Å². The molecule has 0 saturated carbocycles. The van der Waals surface area contributed by atoms with Gasteiger partial charge in [0.2, 0.25) is 0 Å². The molecule has 1 aromatic carbocycles. The number of benzene rings is 1. The van der Waals surface area contributed by atoms with Crippen LogP contribution in [0.3, 0.4) is 0 Å². The zero-order valence-corrected chi connectivity index (χ0v) is 18.9. The number of nitrogens with zero attached hydrogens (tertiary/aromatic N) is 3. The van der Waals surface area contributed by atoms with E-state index in [1.807, 2.05) is 56.3 Å². The molecule has 0 fully saturated rings. The van der Waals surface area contributed by atoms with Crippen molar-refractivity contribution in [2.75, 3.05) is 19.0 Å². The van der Waals surface area contributed by atoms with Crippen LogP contribution in [0.4, 0.5) is 10.6 Å². The molecule has 3 rings (SSSR count). The summed E-state index contributed by atoms with van der Waals surface area (Å²) in [5.74, 6) is 1.76. The largest absolute Gasteiger partial charge is 0.465 e. The van der Waals surface area contributed by atoms with Gasteiger partial charge in [-0.2, -0.15) is 0 Å². The molecule has 2 aromatic heterocycles. The standard InChI is InChI=1S/C24H31N5O3/c1-4-18(30)8-6-5-7-9-20(28-24(31)32)23-25-15-21(27-23)17-10-12-19-16(14-17)11-13-22(26-19)29(2)3/h10-15,20,28H,4-9H2,1-3H3,(H,25,27)(H,31,32). The Kier molecular flexibility index (Phi) is 7.81. The number of Topliss-reactive ketones (excluding diaryl/α,β-unsaturated/α-hetero) is 1. The topological polar surface area (TPSA) is 111 Å². The third-order valence-electron chi connectivity index (χ3n) is 5.51. The van der Waals surface area contributed by atoms with Gasteiger partial charge in [-0.05, 0) is 37.1 Å². The van der Waals surface area contributed by atoms with E-state index in [1.54, 1.807) is 6.20 Å². The average Bonchev–Trinajstić information content (AvgIpc) is 3.27. The first-order chi connectivity index (χ1) is 15.4. The third kappa shape index (κ3) is 6.06. The molecule has 32 heavy (non-hydrogen) atoms. The lowest BCUT2D eigenvalue weighted by molar-refractivity contribution is -0.118. The maximum atomic E-state index is 11.4. The van der Waals surface area contributed by atoms with Crippen LogP contribution in [-0.2, 0) is 4.79 Å². The monoisotopic (exact) mass is 437 g/mol. The summed E-state index contributed by atoms with van der Waals surface area (Å²) in [4.78, 5) is 37.1. The molecule has 1 amide bonds. The van der Waals surface area contributed by atoms with E-state index < -0.39 is 12.1 Å². The Morgan fingerprint density at radius 3 is 2.69 bits per heavy atom. The minimum Gasteiger partial charge on any atom is -0.465 e. The van der Waals surface area contributed by atoms with E-state index in [0.717, 1.165) is 47.2 Å². The highest BCUT2D eigenvalue weighted by molar-refractivity contribution is 5.85. The lowest BCUT2D eigenvalue weighted by Gasteiger charge is -2.14. The number of amides is 1. The van der Waals surface area contributed by atoms with Gasteiger partial charge < -0.3 is 20.3 Å². The van der Waals surface area contributed by atoms with Crippen LogP contribution in [0.5, 0.6) is 0 Å². The molecule has 8 heteroatoms. The van der Waals surface area contributed by atoms with Crippen LogP contribution in [0.15, 0.2) is 36.5 Å². The van der Waals surface area contributed by atoms with Crippen LogP contribution in [-0.4, -0.2) is 46.0 Å². The average molecular weight is 438 g/mol. The van der Waals surface area contributed by atoms with Crippen molar-refractivity contribution in [3.05, 3.63) is 42.4 Å². The molecule has 0 aliphatic carbocycles. The van der Waals surface area contributed by atoms with Gasteiger partial charge in [0.25, 0.3) is 0 Å². The first kappa shape index (κ1) is 23.2. The SMILES string of the molecule is CCC(=O)CCCCCC(NC(=O)O)c1ncc(-c2ccc3nc(N(C)C)ccc3c2)[nH]1. The molecule has 0 aliphatic heterocycles. The molecule has 0 spiro atoms. The second-order valence-electron chi connectivity index (χ2n) is 8.15. The molecule has 2 heterocycles. The van der Waals surface area contributed by atoms with E-state index in [9.17, 15) is 14.7 Å². The van der Waals surface area contributed by atoms with Crippen LogP contribution >= 0.6 is 0 Å². The number of ketones is 1. The highest BCUT2D eigenvalue weighted by atomic mass is 16.4. The number of anilines is 1. The maximum absolute atomic E-state index is 11.4. The van der Waals surface area contributed by atoms with Gasteiger partial charge in [0.15, 0.2) is 0 Å². The molecule has 3 aromatic rings. The number of carboxylic acid groups (broad SMARTS) is 1. The number of fused-ring (bicyclic) bond motifs is 1. The van der Waals surface area contributed by atoms with E-state index in [0.29, 0.717) is 25.1 Å². The summed E-state index contributed by atoms with van der Waals surface area (Å²) < 4.78 is 0. The quantitative estimate of drug-likeness (QED) is 0.367. The fourth-order valence-electron chi connectivity index (χ4n) is 3.64. The van der Waals surface area contributed by atoms with Gasteiger partial charge in [-0.1, -0.05) is 25.8 Å². The van der Waals surface area contributed by atoms with Crippen LogP contribution in [0.25, 0.3) is 22.2 Å². The summed E-state index contributed by atoms with van der Waals surface area (Å²) in [6.45, 7) is 1.87. The van der Waals surface area contributed by atoms with E-state index in [-0.39, 0.29) is 5.78 Å². The number of hydrogen-bond acceptors (Lipinski definition) is 5. The fourth-order valence-corrected chi connectivity index (χ4v) is 3.64. The predicted molar refractivity (Wildman–Crippen MR) is 126 cm³/mol. The minimum atomic E-state index is -1.08. The van der Waals surface area contributed by atoms with Crippen molar-refractivity contribution in [1.29, 1.82) is 0 Å². The summed E-state index contributed by atoms with van der Waals surface area (Å²) in [6.07, 6.45) is 4.95. The minimum absolute atomic E-state index is 0.268. The molecular formula is C24H31N5O3. The molecule has 1 unspecified atom stereocenters. The number of aromatic amines is 1. The van der Waals surface area contributed by atoms with E-state index in [1.165, 1.54) is 0 Å². The molecule has 0 bridgehead atoms. The van der Waals surface area contributed by atoms with Gasteiger partial charge in [-0.3, -0.25) is 4.79 Å². The van der Waals surface area contributed by atoms with Gasteiger partial charge in [0, 0.05) is 37.9 Å². The summed E-state index contributed by atoms with van der Waals surface area (Å²) in [5, 5.41) is 12.8. The van der Waals surface area contributed by atoms with Crippen molar-refractivity contribution in [3.63, 3.8) is 0 Å². The molecule has 8 nitrogen and oxygen atoms in total. The zero-order chi connectivity index (χ0) is 23.1. The van der Waals surface area contributed by atoms with Crippen molar-refractivity contribution >= 4 is 28.6 Å². The van der Waals surface area contributed by atoms with Crippen molar-refractivity contribution < 1.29 is 14.7 Å². The van der Waals surface area contributed by atoms with Crippen molar-refractivity contribution in [1.82, 2.24) is 20.3 Å². The smallest absolute Gasteiger partial charge is 0.405 e. The highest BCUT2D eigenvalue weighted by Crippen LogP contribution is 2.26. The second-order valence-corrected chi connectivity index (χ2v) is 8.15. The number of pyridine rings is 1. The molecule has 1 atom stereocenters. The first-order valence-corrected chi connectivity index (χ1v) is 11.0. The third-order valence-corrected chi connectivity index (χ3v) is 5.51.